The van der Waals surface area contributed by atoms with Crippen molar-refractivity contribution in [1.29, 1.82) is 0 Å². The molecule has 5 rings (SSSR count). The molecule has 3 N–H and O–H groups in total. The van der Waals surface area contributed by atoms with Crippen molar-refractivity contribution in [3.05, 3.63) is 107 Å². The van der Waals surface area contributed by atoms with E-state index in [0.717, 1.165) is 29.0 Å². The van der Waals surface area contributed by atoms with E-state index in [1.165, 1.54) is 6.07 Å². The number of anilines is 1. The van der Waals surface area contributed by atoms with Crippen LogP contribution in [0.4, 0.5) is 14.5 Å². The fourth-order valence-corrected chi connectivity index (χ4v) is 4.34. The maximum absolute atomic E-state index is 13.7. The molecule has 3 aromatic carbocycles. The lowest BCUT2D eigenvalue weighted by Crippen LogP contribution is -2.39. The summed E-state index contributed by atoms with van der Waals surface area (Å²) in [6.07, 6.45) is 0.319. The molecule has 0 unspecified atom stereocenters. The maximum atomic E-state index is 13.7. The van der Waals surface area contributed by atoms with E-state index in [1.54, 1.807) is 0 Å². The molecule has 1 atom stereocenters. The Morgan fingerprint density at radius 2 is 1.76 bits per heavy atom. The predicted molar refractivity (Wildman–Crippen MR) is 124 cm³/mol. The number of pyridine rings is 1. The van der Waals surface area contributed by atoms with Crippen molar-refractivity contribution >= 4 is 22.5 Å². The Morgan fingerprint density at radius 1 is 1.00 bits per heavy atom. The van der Waals surface area contributed by atoms with Crippen LogP contribution in [-0.4, -0.2) is 22.3 Å². The fourth-order valence-electron chi connectivity index (χ4n) is 4.34. The van der Waals surface area contributed by atoms with Crippen molar-refractivity contribution in [3.63, 3.8) is 0 Å². The van der Waals surface area contributed by atoms with Gasteiger partial charge < -0.3 is 11.1 Å². The lowest BCUT2D eigenvalue weighted by molar-refractivity contribution is 0.102. The Kier molecular flexibility index (Phi) is 5.58. The average molecular weight is 444 g/mol. The van der Waals surface area contributed by atoms with Gasteiger partial charge in [-0.25, -0.2) is 8.78 Å². The number of benzene rings is 3. The molecule has 33 heavy (non-hydrogen) atoms. The highest BCUT2D eigenvalue weighted by molar-refractivity contribution is 6.13. The summed E-state index contributed by atoms with van der Waals surface area (Å²) in [5, 5.41) is 3.42. The summed E-state index contributed by atoms with van der Waals surface area (Å²) in [6.45, 7) is 1.16. The molecule has 0 saturated heterocycles. The van der Waals surface area contributed by atoms with E-state index in [1.807, 2.05) is 54.6 Å². The molecule has 1 aromatic heterocycles. The molecule has 0 radical (unpaired) electrons. The number of nitrogens with zero attached hydrogens (tertiary/aromatic N) is 2. The number of nitrogens with one attached hydrogen (secondary N) is 1. The van der Waals surface area contributed by atoms with E-state index >= 15 is 0 Å². The first-order valence-corrected chi connectivity index (χ1v) is 10.7. The zero-order chi connectivity index (χ0) is 22.9. The Hall–Kier alpha value is -3.68. The quantitative estimate of drug-likeness (QED) is 0.475. The molecule has 2 heterocycles. The van der Waals surface area contributed by atoms with Gasteiger partial charge in [-0.1, -0.05) is 48.5 Å². The van der Waals surface area contributed by atoms with Crippen LogP contribution in [0.2, 0.25) is 0 Å². The molecule has 1 amide bonds. The number of rotatable bonds is 4. The SMILES string of the molecule is N[C@H](c1ccccc1)N1CCc2nc3ccccc3c(C(=O)Nc3ccc(F)c(F)c3)c2C1. The molecule has 0 aliphatic carbocycles. The van der Waals surface area contributed by atoms with E-state index in [2.05, 4.69) is 10.2 Å². The minimum absolute atomic E-state index is 0.183. The second kappa shape index (κ2) is 8.69. The number of fused-ring (bicyclic) bond motifs is 2. The van der Waals surface area contributed by atoms with Gasteiger partial charge >= 0.3 is 0 Å². The van der Waals surface area contributed by atoms with E-state index < -0.39 is 17.5 Å². The van der Waals surface area contributed by atoms with Crippen LogP contribution < -0.4 is 11.1 Å². The summed E-state index contributed by atoms with van der Waals surface area (Å²) in [6, 6.07) is 20.5. The van der Waals surface area contributed by atoms with Crippen molar-refractivity contribution < 1.29 is 13.6 Å². The van der Waals surface area contributed by atoms with E-state index in [0.29, 0.717) is 36.0 Å². The van der Waals surface area contributed by atoms with Gasteiger partial charge in [-0.05, 0) is 23.8 Å². The molecule has 1 aliphatic heterocycles. The second-order valence-corrected chi connectivity index (χ2v) is 8.09. The Bertz CT molecular complexity index is 1340. The van der Waals surface area contributed by atoms with Gasteiger partial charge in [0.15, 0.2) is 11.6 Å². The smallest absolute Gasteiger partial charge is 0.256 e. The van der Waals surface area contributed by atoms with E-state index in [9.17, 15) is 13.6 Å². The third-order valence-electron chi connectivity index (χ3n) is 6.01. The predicted octanol–water partition coefficient (Wildman–Crippen LogP) is 4.78. The first-order valence-electron chi connectivity index (χ1n) is 10.7. The van der Waals surface area contributed by atoms with Crippen LogP contribution in [0, 0.1) is 11.6 Å². The average Bonchev–Trinajstić information content (AvgIpc) is 2.84. The summed E-state index contributed by atoms with van der Waals surface area (Å²) in [7, 11) is 0. The highest BCUT2D eigenvalue weighted by atomic mass is 19.2. The van der Waals surface area contributed by atoms with Crippen molar-refractivity contribution in [2.75, 3.05) is 11.9 Å². The molecule has 5 nitrogen and oxygen atoms in total. The van der Waals surface area contributed by atoms with Crippen LogP contribution in [0.25, 0.3) is 10.9 Å². The largest absolute Gasteiger partial charge is 0.322 e. The summed E-state index contributed by atoms with van der Waals surface area (Å²) < 4.78 is 27.0. The zero-order valence-corrected chi connectivity index (χ0v) is 17.8. The van der Waals surface area contributed by atoms with Gasteiger partial charge in [0.05, 0.1) is 17.2 Å². The van der Waals surface area contributed by atoms with Gasteiger partial charge in [-0.2, -0.15) is 0 Å². The monoisotopic (exact) mass is 444 g/mol. The van der Waals surface area contributed by atoms with Crippen LogP contribution in [0.15, 0.2) is 72.8 Å². The Balaban J connectivity index is 1.55. The Morgan fingerprint density at radius 3 is 2.55 bits per heavy atom. The Labute approximate surface area is 189 Å². The molecule has 0 bridgehead atoms. The lowest BCUT2D eigenvalue weighted by atomic mass is 9.94. The highest BCUT2D eigenvalue weighted by Gasteiger charge is 2.28. The summed E-state index contributed by atoms with van der Waals surface area (Å²) >= 11 is 0. The van der Waals surface area contributed by atoms with Gasteiger partial charge in [0, 0.05) is 47.9 Å². The van der Waals surface area contributed by atoms with Gasteiger partial charge in [-0.3, -0.25) is 14.7 Å². The number of carbonyl (C=O) groups is 1. The van der Waals surface area contributed by atoms with Gasteiger partial charge in [0.25, 0.3) is 5.91 Å². The van der Waals surface area contributed by atoms with Gasteiger partial charge in [0.2, 0.25) is 0 Å². The van der Waals surface area contributed by atoms with Crippen LogP contribution in [0.3, 0.4) is 0 Å². The first kappa shape index (κ1) is 21.2. The lowest BCUT2D eigenvalue weighted by Gasteiger charge is -2.34. The third-order valence-corrected chi connectivity index (χ3v) is 6.01. The second-order valence-electron chi connectivity index (χ2n) is 8.09. The first-order chi connectivity index (χ1) is 16.0. The number of hydrogen-bond acceptors (Lipinski definition) is 4. The molecular formula is C26H22F2N4O. The van der Waals surface area contributed by atoms with Crippen molar-refractivity contribution in [2.45, 2.75) is 19.1 Å². The number of carbonyl (C=O) groups excluding carboxylic acids is 1. The number of amides is 1. The molecule has 4 aromatic rings. The number of para-hydroxylation sites is 1. The van der Waals surface area contributed by atoms with Crippen molar-refractivity contribution in [3.8, 4) is 0 Å². The molecule has 1 aliphatic rings. The zero-order valence-electron chi connectivity index (χ0n) is 17.8. The van der Waals surface area contributed by atoms with Gasteiger partial charge in [-0.15, -0.1) is 0 Å². The van der Waals surface area contributed by atoms with Gasteiger partial charge in [0.1, 0.15) is 0 Å². The third kappa shape index (κ3) is 4.08. The fraction of sp³-hybridized carbons (Fsp3) is 0.154. The van der Waals surface area contributed by atoms with Crippen molar-refractivity contribution in [2.24, 2.45) is 5.73 Å². The number of hydrogen-bond donors (Lipinski definition) is 2. The van der Waals surface area contributed by atoms with Crippen LogP contribution in [0.5, 0.6) is 0 Å². The molecule has 0 fully saturated rings. The van der Waals surface area contributed by atoms with Crippen LogP contribution in [-0.2, 0) is 13.0 Å². The van der Waals surface area contributed by atoms with Crippen LogP contribution >= 0.6 is 0 Å². The van der Waals surface area contributed by atoms with E-state index in [-0.39, 0.29) is 11.9 Å². The number of halogens is 2. The van der Waals surface area contributed by atoms with E-state index in [4.69, 9.17) is 10.7 Å². The molecule has 0 spiro atoms. The normalized spacial score (nSPS) is 14.6. The minimum atomic E-state index is -1.02. The summed E-state index contributed by atoms with van der Waals surface area (Å²) in [5.74, 6) is -2.38. The standard InChI is InChI=1S/C26H22F2N4O/c27-20-11-10-17(14-21(20)28)30-26(33)24-18-8-4-5-9-22(18)31-23-12-13-32(15-19(23)24)25(29)16-6-2-1-3-7-16/h1-11,14,25H,12-13,15,29H2,(H,30,33)/t25-/m0/s1. The molecule has 166 valence electrons. The maximum Gasteiger partial charge on any atom is 0.256 e. The van der Waals surface area contributed by atoms with Crippen LogP contribution in [0.1, 0.15) is 33.3 Å². The summed E-state index contributed by atoms with van der Waals surface area (Å²) in [5.41, 5.74) is 10.6. The number of nitrogens with two attached hydrogens (primary N) is 1. The minimum Gasteiger partial charge on any atom is -0.322 e. The topological polar surface area (TPSA) is 71.2 Å². The highest BCUT2D eigenvalue weighted by Crippen LogP contribution is 2.31. The summed E-state index contributed by atoms with van der Waals surface area (Å²) in [4.78, 5) is 20.4. The molecule has 0 saturated carbocycles. The molecule has 7 heteroatoms. The molecular weight excluding hydrogens is 422 g/mol. The number of aromatic nitrogens is 1. The van der Waals surface area contributed by atoms with Crippen molar-refractivity contribution in [1.82, 2.24) is 9.88 Å².